The van der Waals surface area contributed by atoms with Crippen molar-refractivity contribution in [3.8, 4) is 0 Å². The fourth-order valence-corrected chi connectivity index (χ4v) is 4.15. The molecule has 0 aliphatic carbocycles. The number of anilines is 2. The van der Waals surface area contributed by atoms with E-state index in [-0.39, 0.29) is 12.2 Å². The minimum atomic E-state index is -0.207. The molecule has 0 radical (unpaired) electrons. The highest BCUT2D eigenvalue weighted by Crippen LogP contribution is 2.37. The lowest BCUT2D eigenvalue weighted by Crippen LogP contribution is -2.08. The number of aliphatic hydroxyl groups is 1. The third-order valence-corrected chi connectivity index (χ3v) is 5.51. The van der Waals surface area contributed by atoms with Gasteiger partial charge in [0.2, 0.25) is 0 Å². The second kappa shape index (κ2) is 7.72. The second-order valence-corrected chi connectivity index (χ2v) is 7.98. The fraction of sp³-hybridized carbons (Fsp3) is 0.100. The van der Waals surface area contributed by atoms with Crippen molar-refractivity contribution in [3.63, 3.8) is 0 Å². The Morgan fingerprint density at radius 2 is 1.86 bits per heavy atom. The van der Waals surface area contributed by atoms with Gasteiger partial charge in [-0.3, -0.25) is 4.79 Å². The van der Waals surface area contributed by atoms with E-state index in [9.17, 15) is 4.79 Å². The van der Waals surface area contributed by atoms with E-state index < -0.39 is 0 Å². The summed E-state index contributed by atoms with van der Waals surface area (Å²) in [5.74, 6) is 0.481. The number of aliphatic hydroxyl groups excluding tert-OH is 1. The molecule has 0 amide bonds. The first-order valence-electron chi connectivity index (χ1n) is 8.44. The fourth-order valence-electron chi connectivity index (χ4n) is 3.16. The highest BCUT2D eigenvalue weighted by atomic mass is 79.9. The minimum absolute atomic E-state index is 0.00857. The van der Waals surface area contributed by atoms with Crippen LogP contribution in [-0.2, 0) is 6.42 Å². The second-order valence-electron chi connectivity index (χ2n) is 6.25. The van der Waals surface area contributed by atoms with E-state index in [2.05, 4.69) is 31.2 Å². The van der Waals surface area contributed by atoms with Gasteiger partial charge in [0.15, 0.2) is 0 Å². The van der Waals surface area contributed by atoms with Gasteiger partial charge in [-0.1, -0.05) is 39.1 Å². The molecule has 4 rings (SSSR count). The molecule has 0 saturated heterocycles. The van der Waals surface area contributed by atoms with Crippen LogP contribution >= 0.6 is 39.1 Å². The maximum Gasteiger partial charge on any atom is 0.256 e. The monoisotopic (exact) mass is 477 g/mol. The van der Waals surface area contributed by atoms with Crippen molar-refractivity contribution in [3.05, 3.63) is 73.0 Å². The Balaban J connectivity index is 1.94. The molecule has 4 aromatic rings. The molecule has 0 bridgehead atoms. The molecule has 0 spiro atoms. The number of hydrogen-bond donors (Lipinski definition) is 3. The van der Waals surface area contributed by atoms with Gasteiger partial charge >= 0.3 is 0 Å². The number of halogens is 3. The van der Waals surface area contributed by atoms with Crippen LogP contribution in [0.4, 0.5) is 11.5 Å². The summed E-state index contributed by atoms with van der Waals surface area (Å²) in [6, 6.07) is 10.9. The van der Waals surface area contributed by atoms with Crippen molar-refractivity contribution in [1.82, 2.24) is 9.97 Å². The molecule has 2 heterocycles. The molecule has 0 aliphatic rings. The lowest BCUT2D eigenvalue weighted by atomic mass is 10.1. The van der Waals surface area contributed by atoms with E-state index in [1.807, 2.05) is 18.2 Å². The smallest absolute Gasteiger partial charge is 0.256 e. The van der Waals surface area contributed by atoms with Crippen LogP contribution < -0.4 is 10.9 Å². The molecule has 5 nitrogen and oxygen atoms in total. The standard InChI is InChI=1S/C20H14BrCl2N3O2/c21-11-1-2-16-13(9-11)17-12(3-5-24-20(17)28)19(25-16)26-18-14(22)7-10(4-6-27)8-15(18)23/h1-3,5,7-9,27H,4,6H2,(H,24,28)(H,25,26). The molecular formula is C20H14BrCl2N3O2. The van der Waals surface area contributed by atoms with Gasteiger partial charge in [-0.15, -0.1) is 0 Å². The van der Waals surface area contributed by atoms with Crippen LogP contribution in [0.15, 0.2) is 51.9 Å². The van der Waals surface area contributed by atoms with Gasteiger partial charge in [0.05, 0.1) is 26.6 Å². The van der Waals surface area contributed by atoms with Crippen molar-refractivity contribution < 1.29 is 5.11 Å². The van der Waals surface area contributed by atoms with Crippen LogP contribution in [0.25, 0.3) is 21.7 Å². The van der Waals surface area contributed by atoms with E-state index >= 15 is 0 Å². The Hall–Kier alpha value is -2.12. The predicted octanol–water partition coefficient (Wildman–Crippen LogP) is 5.42. The van der Waals surface area contributed by atoms with E-state index in [0.29, 0.717) is 44.3 Å². The molecule has 28 heavy (non-hydrogen) atoms. The molecule has 0 atom stereocenters. The van der Waals surface area contributed by atoms with Crippen molar-refractivity contribution >= 4 is 72.3 Å². The topological polar surface area (TPSA) is 78.0 Å². The number of fused-ring (bicyclic) bond motifs is 3. The predicted molar refractivity (Wildman–Crippen MR) is 118 cm³/mol. The van der Waals surface area contributed by atoms with Gasteiger partial charge in [0.1, 0.15) is 5.82 Å². The van der Waals surface area contributed by atoms with Crippen LogP contribution in [0.1, 0.15) is 5.56 Å². The van der Waals surface area contributed by atoms with E-state index in [1.54, 1.807) is 24.4 Å². The SMILES string of the molecule is O=c1[nH]ccc2c(Nc3c(Cl)cc(CCO)cc3Cl)nc3ccc(Br)cc3c12. The molecule has 0 saturated carbocycles. The molecule has 0 unspecified atom stereocenters. The lowest BCUT2D eigenvalue weighted by molar-refractivity contribution is 0.299. The first-order chi connectivity index (χ1) is 13.5. The third kappa shape index (κ3) is 3.49. The molecule has 8 heteroatoms. The molecule has 0 fully saturated rings. The minimum Gasteiger partial charge on any atom is -0.396 e. The lowest BCUT2D eigenvalue weighted by Gasteiger charge is -2.14. The summed E-state index contributed by atoms with van der Waals surface area (Å²) in [5.41, 5.74) is 1.79. The Bertz CT molecular complexity index is 1250. The van der Waals surface area contributed by atoms with Crippen molar-refractivity contribution in [1.29, 1.82) is 0 Å². The summed E-state index contributed by atoms with van der Waals surface area (Å²) < 4.78 is 0.859. The maximum absolute atomic E-state index is 12.6. The number of aromatic amines is 1. The maximum atomic E-state index is 12.6. The number of H-pyrrole nitrogens is 1. The zero-order chi connectivity index (χ0) is 19.8. The quantitative estimate of drug-likeness (QED) is 0.342. The van der Waals surface area contributed by atoms with Gasteiger partial charge in [-0.2, -0.15) is 0 Å². The van der Waals surface area contributed by atoms with Crippen molar-refractivity contribution in [2.45, 2.75) is 6.42 Å². The number of rotatable bonds is 4. The first kappa shape index (κ1) is 19.2. The summed E-state index contributed by atoms with van der Waals surface area (Å²) in [7, 11) is 0. The van der Waals surface area contributed by atoms with Crippen LogP contribution in [0.2, 0.25) is 10.0 Å². The number of aromatic nitrogens is 2. The van der Waals surface area contributed by atoms with Gasteiger partial charge in [-0.25, -0.2) is 4.98 Å². The van der Waals surface area contributed by atoms with Gasteiger partial charge in [0, 0.05) is 28.0 Å². The highest BCUT2D eigenvalue weighted by molar-refractivity contribution is 9.10. The number of pyridine rings is 2. The van der Waals surface area contributed by atoms with Gasteiger partial charge in [-0.05, 0) is 48.4 Å². The number of nitrogens with zero attached hydrogens (tertiary/aromatic N) is 1. The van der Waals surface area contributed by atoms with Crippen LogP contribution in [-0.4, -0.2) is 21.7 Å². The van der Waals surface area contributed by atoms with Crippen molar-refractivity contribution in [2.24, 2.45) is 0 Å². The largest absolute Gasteiger partial charge is 0.396 e. The van der Waals surface area contributed by atoms with Gasteiger partial charge in [0.25, 0.3) is 5.56 Å². The van der Waals surface area contributed by atoms with E-state index in [4.69, 9.17) is 28.3 Å². The molecule has 2 aromatic heterocycles. The summed E-state index contributed by atoms with van der Waals surface area (Å²) in [6.07, 6.45) is 2.04. The summed E-state index contributed by atoms with van der Waals surface area (Å²) in [4.78, 5) is 20.0. The Morgan fingerprint density at radius 3 is 2.57 bits per heavy atom. The van der Waals surface area contributed by atoms with Gasteiger partial charge < -0.3 is 15.4 Å². The van der Waals surface area contributed by atoms with Crippen LogP contribution in [0.5, 0.6) is 0 Å². The van der Waals surface area contributed by atoms with Crippen molar-refractivity contribution in [2.75, 3.05) is 11.9 Å². The summed E-state index contributed by atoms with van der Waals surface area (Å²) >= 11 is 16.3. The molecule has 3 N–H and O–H groups in total. The number of nitrogens with one attached hydrogen (secondary N) is 2. The van der Waals surface area contributed by atoms with Crippen LogP contribution in [0, 0.1) is 0 Å². The molecule has 2 aromatic carbocycles. The summed E-state index contributed by atoms with van der Waals surface area (Å²) in [6.45, 7) is 0.00857. The third-order valence-electron chi connectivity index (χ3n) is 4.42. The number of benzene rings is 2. The number of hydrogen-bond acceptors (Lipinski definition) is 4. The molecule has 0 aliphatic heterocycles. The first-order valence-corrected chi connectivity index (χ1v) is 9.99. The average Bonchev–Trinajstić information content (AvgIpc) is 2.65. The Kier molecular flexibility index (Phi) is 5.29. The van der Waals surface area contributed by atoms with E-state index in [0.717, 1.165) is 15.4 Å². The zero-order valence-electron chi connectivity index (χ0n) is 14.4. The Labute approximate surface area is 178 Å². The normalized spacial score (nSPS) is 11.3. The zero-order valence-corrected chi connectivity index (χ0v) is 17.5. The molecular weight excluding hydrogens is 465 g/mol. The van der Waals surface area contributed by atoms with Crippen LogP contribution in [0.3, 0.4) is 0 Å². The average molecular weight is 479 g/mol. The van der Waals surface area contributed by atoms with E-state index in [1.165, 1.54) is 0 Å². The Morgan fingerprint density at radius 1 is 1.11 bits per heavy atom. The summed E-state index contributed by atoms with van der Waals surface area (Å²) in [5, 5.41) is 15.1. The molecule has 142 valence electrons. The highest BCUT2D eigenvalue weighted by Gasteiger charge is 2.15.